The number of carbonyl (C=O) groups is 1. The van der Waals surface area contributed by atoms with E-state index in [1.165, 1.54) is 5.56 Å². The average molecular weight is 184 g/mol. The molecule has 0 atom stereocenters. The molecule has 1 aliphatic heterocycles. The van der Waals surface area contributed by atoms with E-state index < -0.39 is 0 Å². The minimum atomic E-state index is -0.251. The number of fused-ring (bicyclic) bond motifs is 2. The molecular weight excluding hydrogens is 176 g/mol. The van der Waals surface area contributed by atoms with E-state index in [1.54, 1.807) is 6.08 Å². The van der Waals surface area contributed by atoms with Crippen LogP contribution in [0.2, 0.25) is 0 Å². The number of carbonyl (C=O) groups excluding carboxylic acids is 1. The standard InChI is InChI=1S/C12H8O2/c13-12-7-10-5-8-3-1-2-4-9(8)6-11(10)14-12/h1-4,6-7H,5H2. The lowest BCUT2D eigenvalue weighted by Gasteiger charge is -2.13. The Bertz CT molecular complexity index is 481. The third kappa shape index (κ3) is 1.01. The zero-order chi connectivity index (χ0) is 9.54. The van der Waals surface area contributed by atoms with E-state index in [1.807, 2.05) is 24.3 Å². The fourth-order valence-electron chi connectivity index (χ4n) is 1.86. The highest BCUT2D eigenvalue weighted by Gasteiger charge is 2.24. The molecule has 2 aliphatic rings. The predicted octanol–water partition coefficient (Wildman–Crippen LogP) is 2.07. The first-order chi connectivity index (χ1) is 6.83. The van der Waals surface area contributed by atoms with Crippen LogP contribution in [0, 0.1) is 0 Å². The van der Waals surface area contributed by atoms with Gasteiger partial charge in [0, 0.05) is 18.1 Å². The summed E-state index contributed by atoms with van der Waals surface area (Å²) in [6.45, 7) is 0. The van der Waals surface area contributed by atoms with Gasteiger partial charge in [0.05, 0.1) is 0 Å². The lowest BCUT2D eigenvalue weighted by Crippen LogP contribution is -2.01. The molecule has 0 saturated heterocycles. The number of hydrogen-bond donors (Lipinski definition) is 0. The van der Waals surface area contributed by atoms with Gasteiger partial charge in [0.15, 0.2) is 0 Å². The van der Waals surface area contributed by atoms with E-state index in [0.29, 0.717) is 5.76 Å². The topological polar surface area (TPSA) is 26.3 Å². The fourth-order valence-corrected chi connectivity index (χ4v) is 1.86. The van der Waals surface area contributed by atoms with Crippen LogP contribution in [0.25, 0.3) is 6.08 Å². The summed E-state index contributed by atoms with van der Waals surface area (Å²) in [6.07, 6.45) is 4.30. The Morgan fingerprint density at radius 2 is 2.00 bits per heavy atom. The molecule has 0 bridgehead atoms. The van der Waals surface area contributed by atoms with Crippen LogP contribution >= 0.6 is 0 Å². The minimum absolute atomic E-state index is 0.251. The van der Waals surface area contributed by atoms with Gasteiger partial charge in [-0.05, 0) is 17.2 Å². The maximum Gasteiger partial charge on any atom is 0.336 e. The molecule has 2 heteroatoms. The maximum absolute atomic E-state index is 11.0. The Morgan fingerprint density at radius 1 is 1.14 bits per heavy atom. The van der Waals surface area contributed by atoms with Crippen LogP contribution in [0.15, 0.2) is 41.7 Å². The summed E-state index contributed by atoms with van der Waals surface area (Å²) >= 11 is 0. The molecule has 1 aromatic rings. The Labute approximate surface area is 81.5 Å². The van der Waals surface area contributed by atoms with Gasteiger partial charge in [-0.15, -0.1) is 0 Å². The lowest BCUT2D eigenvalue weighted by molar-refractivity contribution is -0.132. The van der Waals surface area contributed by atoms with Gasteiger partial charge < -0.3 is 4.74 Å². The van der Waals surface area contributed by atoms with Gasteiger partial charge in [-0.25, -0.2) is 4.79 Å². The van der Waals surface area contributed by atoms with Crippen LogP contribution in [0.1, 0.15) is 11.1 Å². The van der Waals surface area contributed by atoms with Crippen LogP contribution < -0.4 is 0 Å². The van der Waals surface area contributed by atoms with Crippen LogP contribution in [-0.4, -0.2) is 5.97 Å². The Hall–Kier alpha value is -1.83. The first kappa shape index (κ1) is 7.56. The first-order valence-corrected chi connectivity index (χ1v) is 4.55. The van der Waals surface area contributed by atoms with Crippen molar-refractivity contribution in [1.82, 2.24) is 0 Å². The van der Waals surface area contributed by atoms with E-state index in [0.717, 1.165) is 17.6 Å². The molecule has 1 heterocycles. The van der Waals surface area contributed by atoms with E-state index in [-0.39, 0.29) is 5.97 Å². The van der Waals surface area contributed by atoms with Gasteiger partial charge in [-0.2, -0.15) is 0 Å². The summed E-state index contributed by atoms with van der Waals surface area (Å²) in [7, 11) is 0. The fraction of sp³-hybridized carbons (Fsp3) is 0.0833. The van der Waals surface area contributed by atoms with Crippen molar-refractivity contribution in [2.24, 2.45) is 0 Å². The highest BCUT2D eigenvalue weighted by atomic mass is 16.5. The van der Waals surface area contributed by atoms with Gasteiger partial charge in [0.1, 0.15) is 5.76 Å². The zero-order valence-corrected chi connectivity index (χ0v) is 7.49. The van der Waals surface area contributed by atoms with Crippen molar-refractivity contribution >= 4 is 12.0 Å². The quantitative estimate of drug-likeness (QED) is 0.577. The molecule has 1 aromatic carbocycles. The molecule has 68 valence electrons. The van der Waals surface area contributed by atoms with Crippen LogP contribution in [0.3, 0.4) is 0 Å². The van der Waals surface area contributed by atoms with Gasteiger partial charge in [-0.3, -0.25) is 0 Å². The molecule has 2 nitrogen and oxygen atoms in total. The van der Waals surface area contributed by atoms with Gasteiger partial charge in [0.25, 0.3) is 0 Å². The monoisotopic (exact) mass is 184 g/mol. The third-order valence-corrected chi connectivity index (χ3v) is 2.54. The van der Waals surface area contributed by atoms with Crippen molar-refractivity contribution < 1.29 is 9.53 Å². The van der Waals surface area contributed by atoms with Crippen molar-refractivity contribution in [3.05, 3.63) is 52.8 Å². The summed E-state index contributed by atoms with van der Waals surface area (Å²) in [4.78, 5) is 11.0. The van der Waals surface area contributed by atoms with E-state index in [9.17, 15) is 4.79 Å². The summed E-state index contributed by atoms with van der Waals surface area (Å²) in [5, 5.41) is 0. The smallest absolute Gasteiger partial charge is 0.336 e. The molecule has 14 heavy (non-hydrogen) atoms. The van der Waals surface area contributed by atoms with Crippen molar-refractivity contribution in [1.29, 1.82) is 0 Å². The number of rotatable bonds is 0. The summed E-state index contributed by atoms with van der Waals surface area (Å²) in [5.74, 6) is 0.466. The van der Waals surface area contributed by atoms with Gasteiger partial charge >= 0.3 is 5.97 Å². The Balaban J connectivity index is 2.16. The Kier molecular flexibility index (Phi) is 1.39. The largest absolute Gasteiger partial charge is 0.423 e. The van der Waals surface area contributed by atoms with Crippen molar-refractivity contribution in [2.45, 2.75) is 6.42 Å². The number of allylic oxidation sites excluding steroid dienone is 1. The minimum Gasteiger partial charge on any atom is -0.423 e. The molecular formula is C12H8O2. The second-order valence-electron chi connectivity index (χ2n) is 3.47. The number of ether oxygens (including phenoxy) is 1. The molecule has 0 spiro atoms. The summed E-state index contributed by atoms with van der Waals surface area (Å²) in [5.41, 5.74) is 3.39. The lowest BCUT2D eigenvalue weighted by atomic mass is 9.93. The normalized spacial score (nSPS) is 17.9. The molecule has 0 N–H and O–H groups in total. The van der Waals surface area contributed by atoms with Crippen molar-refractivity contribution in [3.8, 4) is 0 Å². The highest BCUT2D eigenvalue weighted by Crippen LogP contribution is 2.31. The molecule has 0 amide bonds. The van der Waals surface area contributed by atoms with Gasteiger partial charge in [0.2, 0.25) is 0 Å². The number of esters is 1. The predicted molar refractivity (Wildman–Crippen MR) is 52.3 cm³/mol. The van der Waals surface area contributed by atoms with Crippen LogP contribution in [0.4, 0.5) is 0 Å². The molecule has 1 aliphatic carbocycles. The molecule has 0 saturated carbocycles. The summed E-state index contributed by atoms with van der Waals surface area (Å²) < 4.78 is 5.05. The maximum atomic E-state index is 11.0. The summed E-state index contributed by atoms with van der Waals surface area (Å²) in [6, 6.07) is 8.11. The Morgan fingerprint density at radius 3 is 2.93 bits per heavy atom. The van der Waals surface area contributed by atoms with Crippen LogP contribution in [0.5, 0.6) is 0 Å². The first-order valence-electron chi connectivity index (χ1n) is 4.55. The second kappa shape index (κ2) is 2.58. The zero-order valence-electron chi connectivity index (χ0n) is 7.49. The number of benzene rings is 1. The van der Waals surface area contributed by atoms with Gasteiger partial charge in [-0.1, -0.05) is 24.3 Å². The van der Waals surface area contributed by atoms with E-state index in [2.05, 4.69) is 6.07 Å². The van der Waals surface area contributed by atoms with Crippen molar-refractivity contribution in [2.75, 3.05) is 0 Å². The highest BCUT2D eigenvalue weighted by molar-refractivity contribution is 5.90. The van der Waals surface area contributed by atoms with E-state index in [4.69, 9.17) is 4.74 Å². The second-order valence-corrected chi connectivity index (χ2v) is 3.47. The van der Waals surface area contributed by atoms with E-state index >= 15 is 0 Å². The third-order valence-electron chi connectivity index (χ3n) is 2.54. The molecule has 0 aromatic heterocycles. The number of hydrogen-bond acceptors (Lipinski definition) is 2. The molecule has 3 rings (SSSR count). The SMILES string of the molecule is O=C1C=C2Cc3ccccc3C=C2O1. The molecule has 0 radical (unpaired) electrons. The average Bonchev–Trinajstić information content (AvgIpc) is 2.53. The molecule has 0 unspecified atom stereocenters. The molecule has 0 fully saturated rings. The van der Waals surface area contributed by atoms with Crippen LogP contribution in [-0.2, 0) is 16.0 Å². The van der Waals surface area contributed by atoms with Crippen molar-refractivity contribution in [3.63, 3.8) is 0 Å².